The Hall–Kier alpha value is -0.0400. The van der Waals surface area contributed by atoms with E-state index in [1.165, 1.54) is 38.5 Å². The number of nitrogens with two attached hydrogens (primary N) is 1. The minimum Gasteiger partial charge on any atom is -0.370 e. The molecule has 1 heterocycles. The van der Waals surface area contributed by atoms with E-state index in [-0.39, 0.29) is 24.0 Å². The third kappa shape index (κ3) is 5.58. The summed E-state index contributed by atoms with van der Waals surface area (Å²) < 4.78 is 0. The summed E-state index contributed by atoms with van der Waals surface area (Å²) in [6.45, 7) is 6.54. The Kier molecular flexibility index (Phi) is 7.74. The fraction of sp³-hybridized carbons (Fsp3) is 0.938. The number of aliphatic imine (C=N–C) groups is 1. The first-order valence-corrected chi connectivity index (χ1v) is 8.20. The van der Waals surface area contributed by atoms with Crippen molar-refractivity contribution in [3.63, 3.8) is 0 Å². The third-order valence-electron chi connectivity index (χ3n) is 5.00. The van der Waals surface area contributed by atoms with Gasteiger partial charge in [0.2, 0.25) is 0 Å². The van der Waals surface area contributed by atoms with Gasteiger partial charge in [-0.05, 0) is 45.7 Å². The van der Waals surface area contributed by atoms with Crippen molar-refractivity contribution in [3.8, 4) is 0 Å². The zero-order chi connectivity index (χ0) is 14.6. The number of guanidine groups is 1. The van der Waals surface area contributed by atoms with E-state index in [1.807, 2.05) is 0 Å². The fourth-order valence-electron chi connectivity index (χ4n) is 3.75. The lowest BCUT2D eigenvalue weighted by Gasteiger charge is -2.33. The van der Waals surface area contributed by atoms with E-state index in [1.54, 1.807) is 0 Å². The molecule has 0 atom stereocenters. The predicted molar refractivity (Wildman–Crippen MR) is 101 cm³/mol. The molecule has 0 amide bonds. The van der Waals surface area contributed by atoms with Gasteiger partial charge < -0.3 is 15.5 Å². The highest BCUT2D eigenvalue weighted by atomic mass is 127. The maximum absolute atomic E-state index is 6.22. The Bertz CT molecular complexity index is 329. The van der Waals surface area contributed by atoms with Crippen LogP contribution in [0.5, 0.6) is 0 Å². The molecule has 2 aliphatic rings. The number of hydrogen-bond donors (Lipinski definition) is 1. The van der Waals surface area contributed by atoms with Crippen LogP contribution in [0, 0.1) is 11.3 Å². The fourth-order valence-corrected chi connectivity index (χ4v) is 3.75. The van der Waals surface area contributed by atoms with Crippen LogP contribution < -0.4 is 5.73 Å². The Morgan fingerprint density at radius 2 is 1.81 bits per heavy atom. The van der Waals surface area contributed by atoms with Gasteiger partial charge in [-0.25, -0.2) is 0 Å². The van der Waals surface area contributed by atoms with E-state index in [4.69, 9.17) is 10.7 Å². The molecule has 1 aliphatic carbocycles. The topological polar surface area (TPSA) is 44.9 Å². The lowest BCUT2D eigenvalue weighted by atomic mass is 9.86. The lowest BCUT2D eigenvalue weighted by molar-refractivity contribution is 0.208. The molecule has 0 radical (unpaired) electrons. The van der Waals surface area contributed by atoms with Crippen molar-refractivity contribution >= 4 is 29.9 Å². The Balaban J connectivity index is 0.00000220. The zero-order valence-corrected chi connectivity index (χ0v) is 16.3. The summed E-state index contributed by atoms with van der Waals surface area (Å²) >= 11 is 0. The van der Waals surface area contributed by atoms with Crippen LogP contribution in [0.15, 0.2) is 4.99 Å². The van der Waals surface area contributed by atoms with Gasteiger partial charge in [0.05, 0.1) is 0 Å². The third-order valence-corrected chi connectivity index (χ3v) is 5.00. The maximum Gasteiger partial charge on any atom is 0.191 e. The standard InChI is InChI=1S/C16H32N4.HI/c1-14-6-10-20(11-7-14)15(17)18-12-16(13-19(2)3)8-4-5-9-16;/h14H,4-13H2,1-3H3,(H2,17,18);1H. The second kappa shape index (κ2) is 8.56. The minimum atomic E-state index is 0. The Morgan fingerprint density at radius 3 is 2.33 bits per heavy atom. The van der Waals surface area contributed by atoms with Crippen LogP contribution in [0.2, 0.25) is 0 Å². The largest absolute Gasteiger partial charge is 0.370 e. The number of nitrogens with zero attached hydrogens (tertiary/aromatic N) is 3. The molecule has 5 heteroatoms. The summed E-state index contributed by atoms with van der Waals surface area (Å²) in [5, 5.41) is 0. The van der Waals surface area contributed by atoms with Crippen LogP contribution in [0.25, 0.3) is 0 Å². The van der Waals surface area contributed by atoms with Gasteiger partial charge in [-0.3, -0.25) is 4.99 Å². The second-order valence-electron chi connectivity index (χ2n) is 7.29. The first kappa shape index (κ1) is 19.0. The van der Waals surface area contributed by atoms with Gasteiger partial charge in [0.25, 0.3) is 0 Å². The highest BCUT2D eigenvalue weighted by Crippen LogP contribution is 2.38. The quantitative estimate of drug-likeness (QED) is 0.442. The summed E-state index contributed by atoms with van der Waals surface area (Å²) in [7, 11) is 4.33. The van der Waals surface area contributed by atoms with Crippen LogP contribution in [0.3, 0.4) is 0 Å². The van der Waals surface area contributed by atoms with E-state index in [0.717, 1.165) is 38.1 Å². The molecule has 0 bridgehead atoms. The van der Waals surface area contributed by atoms with Crippen LogP contribution in [0.1, 0.15) is 45.4 Å². The van der Waals surface area contributed by atoms with Crippen LogP contribution in [0.4, 0.5) is 0 Å². The van der Waals surface area contributed by atoms with Crippen molar-refractivity contribution < 1.29 is 0 Å². The maximum atomic E-state index is 6.22. The van der Waals surface area contributed by atoms with Crippen LogP contribution >= 0.6 is 24.0 Å². The molecule has 4 nitrogen and oxygen atoms in total. The van der Waals surface area contributed by atoms with E-state index in [2.05, 4.69) is 30.8 Å². The summed E-state index contributed by atoms with van der Waals surface area (Å²) in [6, 6.07) is 0. The van der Waals surface area contributed by atoms with Crippen molar-refractivity contribution in [3.05, 3.63) is 0 Å². The minimum absolute atomic E-state index is 0. The van der Waals surface area contributed by atoms with Crippen molar-refractivity contribution in [2.24, 2.45) is 22.1 Å². The number of piperidine rings is 1. The van der Waals surface area contributed by atoms with E-state index in [9.17, 15) is 0 Å². The van der Waals surface area contributed by atoms with E-state index in [0.29, 0.717) is 5.41 Å². The average molecular weight is 408 g/mol. The SMILES string of the molecule is CC1CCN(C(N)=NCC2(CN(C)C)CCCC2)CC1.I. The molecule has 1 saturated heterocycles. The molecule has 0 unspecified atom stereocenters. The number of likely N-dealkylation sites (tertiary alicyclic amines) is 1. The van der Waals surface area contributed by atoms with E-state index >= 15 is 0 Å². The Labute approximate surface area is 147 Å². The molecule has 0 spiro atoms. The van der Waals surface area contributed by atoms with Gasteiger partial charge in [0.15, 0.2) is 5.96 Å². The van der Waals surface area contributed by atoms with Gasteiger partial charge in [-0.1, -0.05) is 19.8 Å². The molecule has 21 heavy (non-hydrogen) atoms. The molecule has 124 valence electrons. The molecule has 0 aromatic rings. The number of halogens is 1. The molecular weight excluding hydrogens is 375 g/mol. The molecule has 1 saturated carbocycles. The van der Waals surface area contributed by atoms with Crippen LogP contribution in [-0.4, -0.2) is 56.0 Å². The smallest absolute Gasteiger partial charge is 0.191 e. The highest BCUT2D eigenvalue weighted by Gasteiger charge is 2.34. The van der Waals surface area contributed by atoms with Crippen LogP contribution in [-0.2, 0) is 0 Å². The van der Waals surface area contributed by atoms with Gasteiger partial charge in [0, 0.05) is 31.6 Å². The van der Waals surface area contributed by atoms with E-state index < -0.39 is 0 Å². The van der Waals surface area contributed by atoms with Gasteiger partial charge in [0.1, 0.15) is 0 Å². The van der Waals surface area contributed by atoms with Gasteiger partial charge >= 0.3 is 0 Å². The predicted octanol–water partition coefficient (Wildman–Crippen LogP) is 2.77. The molecule has 0 aromatic heterocycles. The molecule has 2 rings (SSSR count). The summed E-state index contributed by atoms with van der Waals surface area (Å²) in [5.74, 6) is 1.62. The normalized spacial score (nSPS) is 23.4. The van der Waals surface area contributed by atoms with Crippen molar-refractivity contribution in [2.75, 3.05) is 40.3 Å². The molecule has 0 aromatic carbocycles. The number of rotatable bonds is 4. The molecule has 1 aliphatic heterocycles. The molecule has 2 N–H and O–H groups in total. The molecular formula is C16H33IN4. The first-order valence-electron chi connectivity index (χ1n) is 8.20. The van der Waals surface area contributed by atoms with Gasteiger partial charge in [-0.2, -0.15) is 0 Å². The van der Waals surface area contributed by atoms with Crippen molar-refractivity contribution in [1.82, 2.24) is 9.80 Å². The number of hydrogen-bond acceptors (Lipinski definition) is 2. The van der Waals surface area contributed by atoms with Crippen molar-refractivity contribution in [1.29, 1.82) is 0 Å². The van der Waals surface area contributed by atoms with Gasteiger partial charge in [-0.15, -0.1) is 24.0 Å². The summed E-state index contributed by atoms with van der Waals surface area (Å²) in [4.78, 5) is 9.36. The summed E-state index contributed by atoms with van der Waals surface area (Å²) in [6.07, 6.45) is 7.81. The average Bonchev–Trinajstić information content (AvgIpc) is 2.85. The lowest BCUT2D eigenvalue weighted by Crippen LogP contribution is -2.43. The monoisotopic (exact) mass is 408 g/mol. The first-order chi connectivity index (χ1) is 9.51. The Morgan fingerprint density at radius 1 is 1.24 bits per heavy atom. The second-order valence-corrected chi connectivity index (χ2v) is 7.29. The zero-order valence-electron chi connectivity index (χ0n) is 14.0. The highest BCUT2D eigenvalue weighted by molar-refractivity contribution is 14.0. The van der Waals surface area contributed by atoms with Crippen molar-refractivity contribution in [2.45, 2.75) is 45.4 Å². The summed E-state index contributed by atoms with van der Waals surface area (Å²) in [5.41, 5.74) is 6.60. The molecule has 2 fully saturated rings.